The number of aliphatic hydroxyl groups excluding tert-OH is 2. The molecule has 3 N–H and O–H groups in total. The molecule has 0 saturated carbocycles. The average Bonchev–Trinajstić information content (AvgIpc) is 2.21. The number of rotatable bonds is 5. The normalized spacial score (nSPS) is 12.8. The van der Waals surface area contributed by atoms with Crippen molar-refractivity contribution >= 4 is 0 Å². The van der Waals surface area contributed by atoms with Crippen molar-refractivity contribution in [1.29, 1.82) is 0 Å². The summed E-state index contributed by atoms with van der Waals surface area (Å²) < 4.78 is 0. The van der Waals surface area contributed by atoms with Crippen LogP contribution in [0.5, 0.6) is 0 Å². The Bertz CT molecular complexity index is 258. The van der Waals surface area contributed by atoms with Crippen molar-refractivity contribution in [2.24, 2.45) is 0 Å². The Kier molecular flexibility index (Phi) is 4.59. The van der Waals surface area contributed by atoms with E-state index in [1.165, 1.54) is 11.1 Å². The molecule has 0 radical (unpaired) electrons. The third-order valence-corrected chi connectivity index (χ3v) is 2.04. The smallest absolute Gasteiger partial charge is 0.0895 e. The van der Waals surface area contributed by atoms with Crippen molar-refractivity contribution in [2.75, 3.05) is 13.2 Å². The lowest BCUT2D eigenvalue weighted by Gasteiger charge is -2.08. The van der Waals surface area contributed by atoms with Crippen molar-refractivity contribution in [3.63, 3.8) is 0 Å². The van der Waals surface area contributed by atoms with Crippen molar-refractivity contribution in [3.05, 3.63) is 35.4 Å². The Morgan fingerprint density at radius 3 is 2.50 bits per heavy atom. The summed E-state index contributed by atoms with van der Waals surface area (Å²) in [4.78, 5) is 0. The van der Waals surface area contributed by atoms with E-state index in [2.05, 4.69) is 17.4 Å². The van der Waals surface area contributed by atoms with Gasteiger partial charge < -0.3 is 15.5 Å². The Labute approximate surface area is 84.4 Å². The lowest BCUT2D eigenvalue weighted by Crippen LogP contribution is -2.28. The number of benzene rings is 1. The first-order valence-electron chi connectivity index (χ1n) is 4.77. The molecule has 3 nitrogen and oxygen atoms in total. The number of nitrogens with one attached hydrogen (secondary N) is 1. The zero-order valence-corrected chi connectivity index (χ0v) is 8.40. The minimum absolute atomic E-state index is 0.194. The molecule has 0 amide bonds. The van der Waals surface area contributed by atoms with E-state index in [9.17, 15) is 0 Å². The topological polar surface area (TPSA) is 52.5 Å². The van der Waals surface area contributed by atoms with E-state index in [4.69, 9.17) is 10.2 Å². The molecule has 0 spiro atoms. The highest BCUT2D eigenvalue weighted by molar-refractivity contribution is 5.20. The third kappa shape index (κ3) is 3.87. The molecule has 0 saturated heterocycles. The van der Waals surface area contributed by atoms with Crippen LogP contribution < -0.4 is 5.32 Å². The SMILES string of the molecule is Cc1ccc(CNC[C@H](O)CO)cc1. The van der Waals surface area contributed by atoms with Crippen molar-refractivity contribution < 1.29 is 10.2 Å². The fraction of sp³-hybridized carbons (Fsp3) is 0.455. The van der Waals surface area contributed by atoms with E-state index in [0.717, 1.165) is 6.54 Å². The summed E-state index contributed by atoms with van der Waals surface area (Å²) in [7, 11) is 0. The number of aliphatic hydroxyl groups is 2. The fourth-order valence-corrected chi connectivity index (χ4v) is 1.15. The second-order valence-electron chi connectivity index (χ2n) is 3.45. The standard InChI is InChI=1S/C11H17NO2/c1-9-2-4-10(5-3-9)6-12-7-11(14)8-13/h2-5,11-14H,6-8H2,1H3/t11-/m0/s1. The molecule has 0 aliphatic rings. The van der Waals surface area contributed by atoms with Crippen LogP contribution in [0, 0.1) is 6.92 Å². The first-order chi connectivity index (χ1) is 6.72. The Morgan fingerprint density at radius 1 is 1.29 bits per heavy atom. The first-order valence-corrected chi connectivity index (χ1v) is 4.77. The van der Waals surface area contributed by atoms with Crippen molar-refractivity contribution in [2.45, 2.75) is 19.6 Å². The molecule has 1 rings (SSSR count). The fourth-order valence-electron chi connectivity index (χ4n) is 1.15. The molecule has 0 aliphatic heterocycles. The largest absolute Gasteiger partial charge is 0.394 e. The van der Waals surface area contributed by atoms with Gasteiger partial charge in [-0.3, -0.25) is 0 Å². The number of hydrogen-bond donors (Lipinski definition) is 3. The summed E-state index contributed by atoms with van der Waals surface area (Å²) in [5, 5.41) is 20.7. The van der Waals surface area contributed by atoms with Gasteiger partial charge in [0.05, 0.1) is 12.7 Å². The number of hydrogen-bond acceptors (Lipinski definition) is 3. The lowest BCUT2D eigenvalue weighted by molar-refractivity contribution is 0.0942. The maximum absolute atomic E-state index is 9.07. The zero-order valence-electron chi connectivity index (χ0n) is 8.40. The highest BCUT2D eigenvalue weighted by atomic mass is 16.3. The Balaban J connectivity index is 2.28. The molecule has 78 valence electrons. The predicted octanol–water partition coefficient (Wildman–Crippen LogP) is 0.438. The summed E-state index contributed by atoms with van der Waals surface area (Å²) in [6, 6.07) is 8.21. The van der Waals surface area contributed by atoms with Gasteiger partial charge in [0.1, 0.15) is 0 Å². The van der Waals surface area contributed by atoms with Gasteiger partial charge in [-0.05, 0) is 12.5 Å². The van der Waals surface area contributed by atoms with Gasteiger partial charge in [-0.25, -0.2) is 0 Å². The maximum Gasteiger partial charge on any atom is 0.0895 e. The van der Waals surface area contributed by atoms with Crippen LogP contribution in [0.4, 0.5) is 0 Å². The third-order valence-electron chi connectivity index (χ3n) is 2.04. The summed E-state index contributed by atoms with van der Waals surface area (Å²) in [6.45, 7) is 3.00. The second kappa shape index (κ2) is 5.75. The van der Waals surface area contributed by atoms with Gasteiger partial charge in [-0.1, -0.05) is 29.8 Å². The monoisotopic (exact) mass is 195 g/mol. The first kappa shape index (κ1) is 11.2. The molecular formula is C11H17NO2. The summed E-state index contributed by atoms with van der Waals surface area (Å²) >= 11 is 0. The minimum atomic E-state index is -0.666. The van der Waals surface area contributed by atoms with Gasteiger partial charge in [0.2, 0.25) is 0 Å². The maximum atomic E-state index is 9.07. The van der Waals surface area contributed by atoms with Crippen LogP contribution in [0.3, 0.4) is 0 Å². The molecule has 0 unspecified atom stereocenters. The van der Waals surface area contributed by atoms with Crippen LogP contribution in [0.25, 0.3) is 0 Å². The van der Waals surface area contributed by atoms with Crippen LogP contribution in [-0.2, 0) is 6.54 Å². The van der Waals surface area contributed by atoms with E-state index in [1.54, 1.807) is 0 Å². The summed E-state index contributed by atoms with van der Waals surface area (Å²) in [6.07, 6.45) is -0.666. The van der Waals surface area contributed by atoms with Gasteiger partial charge in [0.15, 0.2) is 0 Å². The molecular weight excluding hydrogens is 178 g/mol. The summed E-state index contributed by atoms with van der Waals surface area (Å²) in [5.41, 5.74) is 2.42. The molecule has 0 bridgehead atoms. The van der Waals surface area contributed by atoms with Gasteiger partial charge in [0.25, 0.3) is 0 Å². The predicted molar refractivity (Wildman–Crippen MR) is 56.0 cm³/mol. The lowest BCUT2D eigenvalue weighted by atomic mass is 10.1. The Morgan fingerprint density at radius 2 is 1.93 bits per heavy atom. The molecule has 1 aromatic rings. The van der Waals surface area contributed by atoms with E-state index >= 15 is 0 Å². The highest BCUT2D eigenvalue weighted by Gasteiger charge is 2.00. The van der Waals surface area contributed by atoms with Gasteiger partial charge in [0, 0.05) is 13.1 Å². The van der Waals surface area contributed by atoms with Crippen LogP contribution >= 0.6 is 0 Å². The molecule has 0 aliphatic carbocycles. The molecule has 3 heteroatoms. The van der Waals surface area contributed by atoms with E-state index in [0.29, 0.717) is 6.54 Å². The van der Waals surface area contributed by atoms with Crippen LogP contribution in [0.2, 0.25) is 0 Å². The highest BCUT2D eigenvalue weighted by Crippen LogP contribution is 2.02. The zero-order chi connectivity index (χ0) is 10.4. The van der Waals surface area contributed by atoms with Gasteiger partial charge in [-0.15, -0.1) is 0 Å². The molecule has 0 fully saturated rings. The molecule has 14 heavy (non-hydrogen) atoms. The van der Waals surface area contributed by atoms with Crippen molar-refractivity contribution in [1.82, 2.24) is 5.32 Å². The van der Waals surface area contributed by atoms with E-state index in [-0.39, 0.29) is 6.61 Å². The molecule has 0 heterocycles. The van der Waals surface area contributed by atoms with E-state index in [1.807, 2.05) is 19.1 Å². The summed E-state index contributed by atoms with van der Waals surface area (Å²) in [5.74, 6) is 0. The molecule has 0 aromatic heterocycles. The number of aryl methyl sites for hydroxylation is 1. The van der Waals surface area contributed by atoms with Crippen LogP contribution in [0.1, 0.15) is 11.1 Å². The second-order valence-corrected chi connectivity index (χ2v) is 3.45. The average molecular weight is 195 g/mol. The molecule has 1 atom stereocenters. The quantitative estimate of drug-likeness (QED) is 0.639. The minimum Gasteiger partial charge on any atom is -0.394 e. The van der Waals surface area contributed by atoms with Crippen LogP contribution in [0.15, 0.2) is 24.3 Å². The molecule has 1 aromatic carbocycles. The van der Waals surface area contributed by atoms with Gasteiger partial charge >= 0.3 is 0 Å². The van der Waals surface area contributed by atoms with Crippen LogP contribution in [-0.4, -0.2) is 29.5 Å². The Hall–Kier alpha value is -0.900. The van der Waals surface area contributed by atoms with Crippen molar-refractivity contribution in [3.8, 4) is 0 Å². The van der Waals surface area contributed by atoms with Gasteiger partial charge in [-0.2, -0.15) is 0 Å². The van der Waals surface area contributed by atoms with E-state index < -0.39 is 6.10 Å².